The average molecular weight is 306 g/mol. The van der Waals surface area contributed by atoms with Gasteiger partial charge in [-0.3, -0.25) is 10.2 Å². The van der Waals surface area contributed by atoms with Gasteiger partial charge in [0.25, 0.3) is 5.91 Å². The van der Waals surface area contributed by atoms with Crippen LogP contribution in [0.5, 0.6) is 0 Å². The van der Waals surface area contributed by atoms with Crippen molar-refractivity contribution in [3.8, 4) is 0 Å². The third kappa shape index (κ3) is 2.97. The molecule has 1 fully saturated rings. The van der Waals surface area contributed by atoms with Crippen LogP contribution in [0.2, 0.25) is 0 Å². The van der Waals surface area contributed by atoms with E-state index in [0.29, 0.717) is 6.54 Å². The minimum Gasteiger partial charge on any atom is -0.361 e. The normalized spacial score (nSPS) is 21.1. The number of carbonyl (C=O) groups is 2. The van der Waals surface area contributed by atoms with Crippen molar-refractivity contribution >= 4 is 29.3 Å². The Kier molecular flexibility index (Phi) is 4.42. The fraction of sp³-hybridized carbons (Fsp3) is 0.357. The van der Waals surface area contributed by atoms with Gasteiger partial charge in [0.1, 0.15) is 5.54 Å². The number of rotatable bonds is 4. The van der Waals surface area contributed by atoms with Gasteiger partial charge < -0.3 is 10.6 Å². The van der Waals surface area contributed by atoms with Gasteiger partial charge in [-0.15, -0.1) is 0 Å². The second-order valence-electron chi connectivity index (χ2n) is 4.93. The van der Waals surface area contributed by atoms with Crippen molar-refractivity contribution in [3.63, 3.8) is 0 Å². The van der Waals surface area contributed by atoms with E-state index >= 15 is 0 Å². The molecule has 0 bridgehead atoms. The lowest BCUT2D eigenvalue weighted by atomic mass is 9.92. The highest BCUT2D eigenvalue weighted by Gasteiger charge is 2.49. The zero-order valence-corrected chi connectivity index (χ0v) is 12.8. The van der Waals surface area contributed by atoms with Crippen LogP contribution in [0.25, 0.3) is 0 Å². The molecule has 6 nitrogen and oxygen atoms in total. The molecule has 0 radical (unpaired) electrons. The zero-order chi connectivity index (χ0) is 15.5. The molecule has 0 aromatic heterocycles. The molecule has 1 heterocycles. The van der Waals surface area contributed by atoms with Crippen LogP contribution in [-0.2, 0) is 10.3 Å². The Bertz CT molecular complexity index is 563. The van der Waals surface area contributed by atoms with E-state index in [9.17, 15) is 9.59 Å². The standard InChI is InChI=1S/C14H18N4O2S/c1-3-9-15-12(21)17-18-11(19)14(2,16-13(18)20)10-7-5-4-6-8-10/h4-8H,3,9H2,1-2H3,(H,16,20)(H2,15,17,21)/t14-/m0/s1. The van der Waals surface area contributed by atoms with Crippen molar-refractivity contribution in [2.24, 2.45) is 0 Å². The lowest BCUT2D eigenvalue weighted by molar-refractivity contribution is -0.132. The summed E-state index contributed by atoms with van der Waals surface area (Å²) in [7, 11) is 0. The fourth-order valence-electron chi connectivity index (χ4n) is 2.09. The van der Waals surface area contributed by atoms with E-state index in [1.165, 1.54) is 0 Å². The van der Waals surface area contributed by atoms with Crippen LogP contribution < -0.4 is 16.1 Å². The molecule has 112 valence electrons. The van der Waals surface area contributed by atoms with Crippen LogP contribution in [0.3, 0.4) is 0 Å². The number of benzene rings is 1. The van der Waals surface area contributed by atoms with Crippen molar-refractivity contribution in [2.75, 3.05) is 6.54 Å². The molecule has 7 heteroatoms. The molecule has 3 amide bonds. The summed E-state index contributed by atoms with van der Waals surface area (Å²) in [5, 5.41) is 6.77. The summed E-state index contributed by atoms with van der Waals surface area (Å²) >= 11 is 5.06. The van der Waals surface area contributed by atoms with Gasteiger partial charge in [0.2, 0.25) is 0 Å². The third-order valence-corrected chi connectivity index (χ3v) is 3.53. The zero-order valence-electron chi connectivity index (χ0n) is 12.0. The molecule has 2 rings (SSSR count). The number of thiocarbonyl (C=S) groups is 1. The molecule has 0 aliphatic carbocycles. The molecule has 1 saturated heterocycles. The summed E-state index contributed by atoms with van der Waals surface area (Å²) in [4.78, 5) is 24.6. The number of hydrogen-bond acceptors (Lipinski definition) is 3. The third-order valence-electron chi connectivity index (χ3n) is 3.29. The van der Waals surface area contributed by atoms with Crippen molar-refractivity contribution in [1.82, 2.24) is 21.1 Å². The first-order valence-corrected chi connectivity index (χ1v) is 7.16. The lowest BCUT2D eigenvalue weighted by Crippen LogP contribution is -2.51. The summed E-state index contributed by atoms with van der Waals surface area (Å²) in [5.41, 5.74) is 2.26. The van der Waals surface area contributed by atoms with Crippen molar-refractivity contribution in [1.29, 1.82) is 0 Å². The van der Waals surface area contributed by atoms with E-state index in [1.54, 1.807) is 19.1 Å². The van der Waals surface area contributed by atoms with Crippen LogP contribution in [0.1, 0.15) is 25.8 Å². The molecule has 1 aromatic rings. The molecular formula is C14H18N4O2S. The van der Waals surface area contributed by atoms with Gasteiger partial charge >= 0.3 is 6.03 Å². The second kappa shape index (κ2) is 6.09. The summed E-state index contributed by atoms with van der Waals surface area (Å²) in [5.74, 6) is -0.389. The van der Waals surface area contributed by atoms with Gasteiger partial charge in [-0.05, 0) is 31.1 Å². The maximum atomic E-state index is 12.5. The van der Waals surface area contributed by atoms with Crippen molar-refractivity contribution in [3.05, 3.63) is 35.9 Å². The first kappa shape index (κ1) is 15.2. The van der Waals surface area contributed by atoms with Crippen LogP contribution in [0.15, 0.2) is 30.3 Å². The summed E-state index contributed by atoms with van der Waals surface area (Å²) in [6, 6.07) is 8.58. The number of imide groups is 1. The van der Waals surface area contributed by atoms with Crippen LogP contribution >= 0.6 is 12.2 Å². The number of nitrogens with one attached hydrogen (secondary N) is 3. The summed E-state index contributed by atoms with van der Waals surface area (Å²) in [6.07, 6.45) is 0.893. The van der Waals surface area contributed by atoms with Crippen LogP contribution in [0, 0.1) is 0 Å². The minimum atomic E-state index is -1.09. The predicted molar refractivity (Wildman–Crippen MR) is 83.2 cm³/mol. The van der Waals surface area contributed by atoms with Crippen molar-refractivity contribution in [2.45, 2.75) is 25.8 Å². The molecule has 1 aliphatic heterocycles. The quantitative estimate of drug-likeness (QED) is 0.576. The Labute approximate surface area is 128 Å². The van der Waals surface area contributed by atoms with E-state index in [1.807, 2.05) is 25.1 Å². The van der Waals surface area contributed by atoms with E-state index < -0.39 is 11.6 Å². The van der Waals surface area contributed by atoms with Gasteiger partial charge in [0.05, 0.1) is 0 Å². The number of hydrazine groups is 1. The number of hydrogen-bond donors (Lipinski definition) is 3. The van der Waals surface area contributed by atoms with Gasteiger partial charge in [0, 0.05) is 6.54 Å². The van der Waals surface area contributed by atoms with Crippen LogP contribution in [-0.4, -0.2) is 28.6 Å². The highest BCUT2D eigenvalue weighted by molar-refractivity contribution is 7.80. The SMILES string of the molecule is CCCNC(=S)NN1C(=O)N[C@@](C)(c2ccccc2)C1=O. The Morgan fingerprint density at radius 1 is 1.33 bits per heavy atom. The Morgan fingerprint density at radius 3 is 2.62 bits per heavy atom. The maximum absolute atomic E-state index is 12.5. The summed E-state index contributed by atoms with van der Waals surface area (Å²) in [6.45, 7) is 4.34. The van der Waals surface area contributed by atoms with Gasteiger partial charge in [-0.2, -0.15) is 5.01 Å². The maximum Gasteiger partial charge on any atom is 0.344 e. The van der Waals surface area contributed by atoms with E-state index in [4.69, 9.17) is 12.2 Å². The second-order valence-corrected chi connectivity index (χ2v) is 5.34. The largest absolute Gasteiger partial charge is 0.361 e. The molecule has 1 atom stereocenters. The van der Waals surface area contributed by atoms with E-state index in [0.717, 1.165) is 17.0 Å². The van der Waals surface area contributed by atoms with Crippen LogP contribution in [0.4, 0.5) is 4.79 Å². The molecule has 0 spiro atoms. The Hall–Kier alpha value is -2.15. The molecular weight excluding hydrogens is 288 g/mol. The van der Waals surface area contributed by atoms with E-state index in [-0.39, 0.29) is 11.0 Å². The minimum absolute atomic E-state index is 0.248. The molecule has 3 N–H and O–H groups in total. The average Bonchev–Trinajstić information content (AvgIpc) is 2.70. The highest BCUT2D eigenvalue weighted by Crippen LogP contribution is 2.27. The first-order valence-electron chi connectivity index (χ1n) is 6.75. The first-order chi connectivity index (χ1) is 9.99. The molecule has 1 aliphatic rings. The number of carbonyl (C=O) groups excluding carboxylic acids is 2. The van der Waals surface area contributed by atoms with Gasteiger partial charge in [0.15, 0.2) is 5.11 Å². The Balaban J connectivity index is 2.15. The fourth-order valence-corrected chi connectivity index (χ4v) is 2.28. The Morgan fingerprint density at radius 2 is 2.00 bits per heavy atom. The topological polar surface area (TPSA) is 73.5 Å². The van der Waals surface area contributed by atoms with Gasteiger partial charge in [-0.1, -0.05) is 37.3 Å². The number of urea groups is 1. The van der Waals surface area contributed by atoms with E-state index in [2.05, 4.69) is 16.1 Å². The molecule has 0 saturated carbocycles. The molecule has 0 unspecified atom stereocenters. The molecule has 1 aromatic carbocycles. The number of nitrogens with zero attached hydrogens (tertiary/aromatic N) is 1. The highest BCUT2D eigenvalue weighted by atomic mass is 32.1. The number of amides is 3. The monoisotopic (exact) mass is 306 g/mol. The lowest BCUT2D eigenvalue weighted by Gasteiger charge is -2.22. The predicted octanol–water partition coefficient (Wildman–Crippen LogP) is 1.24. The van der Waals surface area contributed by atoms with Gasteiger partial charge in [-0.25, -0.2) is 4.79 Å². The van der Waals surface area contributed by atoms with Crippen molar-refractivity contribution < 1.29 is 9.59 Å². The molecule has 21 heavy (non-hydrogen) atoms. The smallest absolute Gasteiger partial charge is 0.344 e. The summed E-state index contributed by atoms with van der Waals surface area (Å²) < 4.78 is 0.